The van der Waals surface area contributed by atoms with Crippen LogP contribution in [-0.4, -0.2) is 23.8 Å². The summed E-state index contributed by atoms with van der Waals surface area (Å²) in [5, 5.41) is 11.5. The van der Waals surface area contributed by atoms with Crippen LogP contribution >= 0.6 is 11.6 Å². The summed E-state index contributed by atoms with van der Waals surface area (Å²) in [6, 6.07) is 4.34. The van der Waals surface area contributed by atoms with Gasteiger partial charge < -0.3 is 9.84 Å². The van der Waals surface area contributed by atoms with Crippen LogP contribution in [0.3, 0.4) is 0 Å². The molecule has 0 bridgehead atoms. The second kappa shape index (κ2) is 6.26. The molecule has 0 aliphatic rings. The quantitative estimate of drug-likeness (QED) is 0.881. The molecule has 0 aliphatic heterocycles. The Balaban J connectivity index is 2.83. The lowest BCUT2D eigenvalue weighted by atomic mass is 10.2. The third-order valence-electron chi connectivity index (χ3n) is 2.02. The van der Waals surface area contributed by atoms with Gasteiger partial charge >= 0.3 is 12.1 Å². The van der Waals surface area contributed by atoms with Crippen molar-refractivity contribution in [3.05, 3.63) is 28.8 Å². The number of carboxylic acids is 1. The van der Waals surface area contributed by atoms with Crippen LogP contribution in [0.1, 0.15) is 24.2 Å². The number of para-hydroxylation sites is 1. The van der Waals surface area contributed by atoms with Gasteiger partial charge in [0.15, 0.2) is 0 Å². The number of anilines is 1. The molecule has 0 radical (unpaired) electrons. The fourth-order valence-electron chi connectivity index (χ4n) is 1.21. The van der Waals surface area contributed by atoms with Gasteiger partial charge in [0.05, 0.1) is 22.9 Å². The fourth-order valence-corrected chi connectivity index (χ4v) is 1.43. The first kappa shape index (κ1) is 14.3. The average molecular weight is 272 g/mol. The Morgan fingerprint density at radius 3 is 2.67 bits per heavy atom. The molecule has 0 saturated heterocycles. The van der Waals surface area contributed by atoms with Gasteiger partial charge in [-0.15, -0.1) is 0 Å². The molecule has 1 aromatic carbocycles. The maximum absolute atomic E-state index is 11.5. The normalized spacial score (nSPS) is 10.2. The standard InChI is InChI=1S/C12H14ClNO4/c1-7(2)6-18-12(17)14-10-8(11(15)16)4-3-5-9(10)13/h3-5,7H,6H2,1-2H3,(H,14,17)(H,15,16). The minimum atomic E-state index is -1.17. The second-order valence-corrected chi connectivity index (χ2v) is 4.49. The first-order valence-electron chi connectivity index (χ1n) is 5.37. The molecule has 5 nitrogen and oxygen atoms in total. The van der Waals surface area contributed by atoms with Crippen LogP contribution in [0.15, 0.2) is 18.2 Å². The topological polar surface area (TPSA) is 75.6 Å². The van der Waals surface area contributed by atoms with Gasteiger partial charge in [-0.2, -0.15) is 0 Å². The van der Waals surface area contributed by atoms with E-state index >= 15 is 0 Å². The van der Waals surface area contributed by atoms with E-state index in [4.69, 9.17) is 21.4 Å². The van der Waals surface area contributed by atoms with E-state index in [-0.39, 0.29) is 28.8 Å². The Hall–Kier alpha value is -1.75. The number of rotatable bonds is 4. The van der Waals surface area contributed by atoms with Gasteiger partial charge in [-0.3, -0.25) is 5.32 Å². The highest BCUT2D eigenvalue weighted by Crippen LogP contribution is 2.26. The smallest absolute Gasteiger partial charge is 0.411 e. The maximum atomic E-state index is 11.5. The monoisotopic (exact) mass is 271 g/mol. The van der Waals surface area contributed by atoms with E-state index in [9.17, 15) is 9.59 Å². The lowest BCUT2D eigenvalue weighted by molar-refractivity contribution is 0.0698. The van der Waals surface area contributed by atoms with Crippen molar-refractivity contribution in [2.24, 2.45) is 5.92 Å². The maximum Gasteiger partial charge on any atom is 0.411 e. The molecular formula is C12H14ClNO4. The van der Waals surface area contributed by atoms with E-state index in [2.05, 4.69) is 5.32 Å². The summed E-state index contributed by atoms with van der Waals surface area (Å²) in [7, 11) is 0. The number of carboxylic acid groups (broad SMARTS) is 1. The highest BCUT2D eigenvalue weighted by molar-refractivity contribution is 6.34. The van der Waals surface area contributed by atoms with Crippen molar-refractivity contribution in [2.45, 2.75) is 13.8 Å². The van der Waals surface area contributed by atoms with Crippen molar-refractivity contribution in [3.63, 3.8) is 0 Å². The molecule has 2 N–H and O–H groups in total. The summed E-state index contributed by atoms with van der Waals surface area (Å²) in [6.45, 7) is 4.04. The molecular weight excluding hydrogens is 258 g/mol. The lowest BCUT2D eigenvalue weighted by Crippen LogP contribution is -2.18. The lowest BCUT2D eigenvalue weighted by Gasteiger charge is -2.11. The molecule has 18 heavy (non-hydrogen) atoms. The predicted molar refractivity (Wildman–Crippen MR) is 68.2 cm³/mol. The third-order valence-corrected chi connectivity index (χ3v) is 2.33. The average Bonchev–Trinajstić information content (AvgIpc) is 2.28. The summed E-state index contributed by atoms with van der Waals surface area (Å²) >= 11 is 5.85. The molecule has 0 unspecified atom stereocenters. The molecule has 0 fully saturated rings. The molecule has 1 aromatic rings. The largest absolute Gasteiger partial charge is 0.478 e. The van der Waals surface area contributed by atoms with Gasteiger partial charge in [-0.1, -0.05) is 31.5 Å². The number of aromatic carboxylic acids is 1. The van der Waals surface area contributed by atoms with Crippen molar-refractivity contribution in [1.82, 2.24) is 0 Å². The van der Waals surface area contributed by atoms with Crippen LogP contribution in [0.2, 0.25) is 5.02 Å². The van der Waals surface area contributed by atoms with Crippen molar-refractivity contribution < 1.29 is 19.4 Å². The van der Waals surface area contributed by atoms with Crippen LogP contribution in [0.25, 0.3) is 0 Å². The van der Waals surface area contributed by atoms with Gasteiger partial charge in [0.1, 0.15) is 0 Å². The Morgan fingerprint density at radius 1 is 1.44 bits per heavy atom. The zero-order valence-corrected chi connectivity index (χ0v) is 10.8. The first-order chi connectivity index (χ1) is 8.41. The van der Waals surface area contributed by atoms with Crippen molar-refractivity contribution in [3.8, 4) is 0 Å². The highest BCUT2D eigenvalue weighted by Gasteiger charge is 2.16. The van der Waals surface area contributed by atoms with E-state index in [0.29, 0.717) is 0 Å². The molecule has 1 amide bonds. The first-order valence-corrected chi connectivity index (χ1v) is 5.75. The van der Waals surface area contributed by atoms with Gasteiger partial charge in [0.2, 0.25) is 0 Å². The SMILES string of the molecule is CC(C)COC(=O)Nc1c(Cl)cccc1C(=O)O. The number of hydrogen-bond donors (Lipinski definition) is 2. The predicted octanol–water partition coefficient (Wildman–Crippen LogP) is 3.24. The van der Waals surface area contributed by atoms with E-state index in [1.807, 2.05) is 13.8 Å². The van der Waals surface area contributed by atoms with Gasteiger partial charge in [0.25, 0.3) is 0 Å². The summed E-state index contributed by atoms with van der Waals surface area (Å²) in [5.74, 6) is -0.974. The Labute approximate surface area is 110 Å². The fraction of sp³-hybridized carbons (Fsp3) is 0.333. The number of carbonyl (C=O) groups is 2. The number of hydrogen-bond acceptors (Lipinski definition) is 3. The van der Waals surface area contributed by atoms with E-state index in [1.54, 1.807) is 0 Å². The molecule has 0 aromatic heterocycles. The Kier molecular flexibility index (Phi) is 4.97. The van der Waals surface area contributed by atoms with Crippen molar-refractivity contribution in [2.75, 3.05) is 11.9 Å². The van der Waals surface area contributed by atoms with E-state index in [0.717, 1.165) is 0 Å². The number of carbonyl (C=O) groups excluding carboxylic acids is 1. The minimum Gasteiger partial charge on any atom is -0.478 e. The number of nitrogens with one attached hydrogen (secondary N) is 1. The molecule has 6 heteroatoms. The van der Waals surface area contributed by atoms with Crippen molar-refractivity contribution in [1.29, 1.82) is 0 Å². The number of amides is 1. The zero-order valence-electron chi connectivity index (χ0n) is 10.1. The van der Waals surface area contributed by atoms with Crippen LogP contribution in [-0.2, 0) is 4.74 Å². The molecule has 0 heterocycles. The van der Waals surface area contributed by atoms with Crippen molar-refractivity contribution >= 4 is 29.4 Å². The molecule has 0 aliphatic carbocycles. The van der Waals surface area contributed by atoms with Crippen LogP contribution in [0, 0.1) is 5.92 Å². The molecule has 0 spiro atoms. The zero-order chi connectivity index (χ0) is 13.7. The van der Waals surface area contributed by atoms with Gasteiger partial charge in [0, 0.05) is 0 Å². The molecule has 0 atom stereocenters. The highest BCUT2D eigenvalue weighted by atomic mass is 35.5. The minimum absolute atomic E-state index is 0.0421. The van der Waals surface area contributed by atoms with Crippen LogP contribution < -0.4 is 5.32 Å². The van der Waals surface area contributed by atoms with E-state index < -0.39 is 12.1 Å². The Bertz CT molecular complexity index is 459. The summed E-state index contributed by atoms with van der Waals surface area (Å²) in [6.07, 6.45) is -0.723. The van der Waals surface area contributed by atoms with Crippen LogP contribution in [0.4, 0.5) is 10.5 Å². The summed E-state index contributed by atoms with van der Waals surface area (Å²) in [5.41, 5.74) is -0.0376. The van der Waals surface area contributed by atoms with E-state index in [1.165, 1.54) is 18.2 Å². The number of benzene rings is 1. The second-order valence-electron chi connectivity index (χ2n) is 4.08. The third kappa shape index (κ3) is 3.92. The molecule has 0 saturated carbocycles. The summed E-state index contributed by atoms with van der Waals surface area (Å²) < 4.78 is 4.90. The number of ether oxygens (including phenoxy) is 1. The Morgan fingerprint density at radius 2 is 2.11 bits per heavy atom. The van der Waals surface area contributed by atoms with Gasteiger partial charge in [-0.05, 0) is 18.1 Å². The molecule has 98 valence electrons. The molecule has 1 rings (SSSR count). The van der Waals surface area contributed by atoms with Gasteiger partial charge in [-0.25, -0.2) is 9.59 Å². The number of halogens is 1. The summed E-state index contributed by atoms with van der Waals surface area (Å²) in [4.78, 5) is 22.4. The van der Waals surface area contributed by atoms with Crippen LogP contribution in [0.5, 0.6) is 0 Å².